The first kappa shape index (κ1) is 18.8. The van der Waals surface area contributed by atoms with Crippen molar-refractivity contribution in [1.29, 1.82) is 0 Å². The van der Waals surface area contributed by atoms with Gasteiger partial charge < -0.3 is 10.8 Å². The molecule has 5 N–H and O–H groups in total. The number of thioether (sulfide) groups is 1. The van der Waals surface area contributed by atoms with Gasteiger partial charge in [0.1, 0.15) is 6.10 Å². The van der Waals surface area contributed by atoms with Crippen LogP contribution in [0.5, 0.6) is 0 Å². The number of hydrogen-bond donors (Lipinski definition) is 4. The highest BCUT2D eigenvalue weighted by atomic mass is 35.5. The Morgan fingerprint density at radius 2 is 1.95 bits per heavy atom. The molecule has 122 valence electrons. The van der Waals surface area contributed by atoms with Gasteiger partial charge in [-0.05, 0) is 42.2 Å². The van der Waals surface area contributed by atoms with Crippen molar-refractivity contribution in [1.82, 2.24) is 10.9 Å². The smallest absolute Gasteiger partial charge is 0.269 e. The lowest BCUT2D eigenvalue weighted by atomic mass is 10.1. The maximum absolute atomic E-state index is 11.8. The first-order valence-corrected chi connectivity index (χ1v) is 8.36. The highest BCUT2D eigenvalue weighted by molar-refractivity contribution is 7.99. The lowest BCUT2D eigenvalue weighted by molar-refractivity contribution is -0.131. The molecule has 0 bridgehead atoms. The molecule has 0 saturated heterocycles. The summed E-state index contributed by atoms with van der Waals surface area (Å²) in [7, 11) is 0. The van der Waals surface area contributed by atoms with Crippen LogP contribution >= 0.6 is 23.4 Å². The van der Waals surface area contributed by atoms with Gasteiger partial charge in [-0.15, -0.1) is 0 Å². The topological polar surface area (TPSA) is 104 Å². The maximum Gasteiger partial charge on any atom is 0.269 e. The van der Waals surface area contributed by atoms with E-state index in [-0.39, 0.29) is 0 Å². The van der Waals surface area contributed by atoms with E-state index in [0.29, 0.717) is 17.0 Å². The van der Waals surface area contributed by atoms with Gasteiger partial charge in [-0.1, -0.05) is 18.5 Å². The summed E-state index contributed by atoms with van der Waals surface area (Å²) in [6.07, 6.45) is -0.860. The van der Waals surface area contributed by atoms with Crippen LogP contribution in [0.2, 0.25) is 5.02 Å². The van der Waals surface area contributed by atoms with Crippen molar-refractivity contribution < 1.29 is 14.7 Å². The fraction of sp³-hybridized carbons (Fsp3) is 0.429. The van der Waals surface area contributed by atoms with Gasteiger partial charge in [-0.2, -0.15) is 11.8 Å². The Kier molecular flexibility index (Phi) is 8.26. The minimum absolute atomic E-state index is 0.336. The van der Waals surface area contributed by atoms with Gasteiger partial charge in [0.2, 0.25) is 0 Å². The predicted molar refractivity (Wildman–Crippen MR) is 88.7 cm³/mol. The average Bonchev–Trinajstić information content (AvgIpc) is 2.52. The summed E-state index contributed by atoms with van der Waals surface area (Å²) in [4.78, 5) is 23.5. The fourth-order valence-corrected chi connectivity index (χ4v) is 2.44. The summed E-state index contributed by atoms with van der Waals surface area (Å²) in [5.41, 5.74) is 10.5. The van der Waals surface area contributed by atoms with E-state index in [0.717, 1.165) is 11.5 Å². The van der Waals surface area contributed by atoms with Crippen molar-refractivity contribution in [3.05, 3.63) is 34.9 Å². The number of hydrazine groups is 1. The van der Waals surface area contributed by atoms with Crippen LogP contribution in [0.15, 0.2) is 24.3 Å². The maximum atomic E-state index is 11.8. The minimum Gasteiger partial charge on any atom is -0.382 e. The summed E-state index contributed by atoms with van der Waals surface area (Å²) in [6, 6.07) is 5.50. The van der Waals surface area contributed by atoms with E-state index < -0.39 is 24.0 Å². The van der Waals surface area contributed by atoms with E-state index >= 15 is 0 Å². The molecule has 2 atom stereocenters. The lowest BCUT2D eigenvalue weighted by Crippen LogP contribution is -2.52. The number of halogens is 1. The minimum atomic E-state index is -1.37. The van der Waals surface area contributed by atoms with Crippen LogP contribution in [-0.4, -0.2) is 40.6 Å². The number of nitrogens with two attached hydrogens (primary N) is 1. The van der Waals surface area contributed by atoms with Crippen LogP contribution in [0.25, 0.3) is 0 Å². The Morgan fingerprint density at radius 1 is 1.32 bits per heavy atom. The molecule has 0 aliphatic carbocycles. The van der Waals surface area contributed by atoms with Crippen LogP contribution in [0.4, 0.5) is 0 Å². The predicted octanol–water partition coefficient (Wildman–Crippen LogP) is 0.932. The van der Waals surface area contributed by atoms with E-state index in [9.17, 15) is 14.7 Å². The highest BCUT2D eigenvalue weighted by Gasteiger charge is 2.23. The number of carbonyl (C=O) groups excluding carboxylic acids is 2. The molecule has 6 nitrogen and oxygen atoms in total. The van der Waals surface area contributed by atoms with Gasteiger partial charge >= 0.3 is 0 Å². The second-order valence-corrected chi connectivity index (χ2v) is 6.37. The third-order valence-electron chi connectivity index (χ3n) is 2.88. The largest absolute Gasteiger partial charge is 0.382 e. The molecule has 0 aromatic heterocycles. The average molecular weight is 346 g/mol. The molecule has 0 heterocycles. The molecule has 0 fully saturated rings. The van der Waals surface area contributed by atoms with Gasteiger partial charge in [0, 0.05) is 16.6 Å². The standard InChI is InChI=1S/C14H20ClN3O3S/c1-2-22-8-7-11(16)12(19)14(21)18-17-13(20)9-3-5-10(15)6-4-9/h3-6,11-12,19H,2,7-8,16H2,1H3,(H,17,20)(H,18,21)/t11-,12?/m1/s1. The molecule has 0 saturated carbocycles. The molecule has 22 heavy (non-hydrogen) atoms. The van der Waals surface area contributed by atoms with E-state index in [4.69, 9.17) is 17.3 Å². The second kappa shape index (κ2) is 9.68. The summed E-state index contributed by atoms with van der Waals surface area (Å²) in [5, 5.41) is 10.3. The van der Waals surface area contributed by atoms with Crippen molar-refractivity contribution in [2.24, 2.45) is 5.73 Å². The third-order valence-corrected chi connectivity index (χ3v) is 4.06. The van der Waals surface area contributed by atoms with Crippen LogP contribution in [0.3, 0.4) is 0 Å². The quantitative estimate of drug-likeness (QED) is 0.435. The Hall–Kier alpha value is -1.28. The molecule has 0 aliphatic rings. The first-order chi connectivity index (χ1) is 10.5. The van der Waals surface area contributed by atoms with Crippen LogP contribution in [-0.2, 0) is 4.79 Å². The normalized spacial score (nSPS) is 13.3. The number of hydrogen-bond acceptors (Lipinski definition) is 5. The molecule has 2 amide bonds. The number of benzene rings is 1. The van der Waals surface area contributed by atoms with Gasteiger partial charge in [-0.3, -0.25) is 20.4 Å². The van der Waals surface area contributed by atoms with Gasteiger partial charge in [0.15, 0.2) is 0 Å². The number of aliphatic hydroxyl groups excluding tert-OH is 1. The molecule has 0 radical (unpaired) electrons. The van der Waals surface area contributed by atoms with Crippen LogP contribution < -0.4 is 16.6 Å². The lowest BCUT2D eigenvalue weighted by Gasteiger charge is -2.18. The van der Waals surface area contributed by atoms with E-state index in [2.05, 4.69) is 10.9 Å². The molecule has 1 aromatic rings. The molecular formula is C14H20ClN3O3S. The number of aliphatic hydroxyl groups is 1. The third kappa shape index (κ3) is 6.23. The zero-order chi connectivity index (χ0) is 16.5. The highest BCUT2D eigenvalue weighted by Crippen LogP contribution is 2.09. The van der Waals surface area contributed by atoms with Gasteiger partial charge in [0.05, 0.1) is 0 Å². The molecule has 1 aromatic carbocycles. The molecule has 8 heteroatoms. The zero-order valence-electron chi connectivity index (χ0n) is 12.2. The molecule has 0 spiro atoms. The zero-order valence-corrected chi connectivity index (χ0v) is 13.8. The monoisotopic (exact) mass is 345 g/mol. The van der Waals surface area contributed by atoms with Crippen molar-refractivity contribution in [2.75, 3.05) is 11.5 Å². The van der Waals surface area contributed by atoms with Crippen molar-refractivity contribution in [3.8, 4) is 0 Å². The summed E-state index contributed by atoms with van der Waals surface area (Å²) < 4.78 is 0. The second-order valence-electron chi connectivity index (χ2n) is 4.54. The molecule has 1 unspecified atom stereocenters. The molecule has 1 rings (SSSR count). The van der Waals surface area contributed by atoms with Gasteiger partial charge in [-0.25, -0.2) is 0 Å². The summed E-state index contributed by atoms with van der Waals surface area (Å²) in [5.74, 6) is 0.467. The Labute approximate surface area is 138 Å². The summed E-state index contributed by atoms with van der Waals surface area (Å²) in [6.45, 7) is 2.02. The summed E-state index contributed by atoms with van der Waals surface area (Å²) >= 11 is 7.40. The number of rotatable bonds is 7. The van der Waals surface area contributed by atoms with Crippen molar-refractivity contribution in [2.45, 2.75) is 25.5 Å². The van der Waals surface area contributed by atoms with Crippen molar-refractivity contribution in [3.63, 3.8) is 0 Å². The first-order valence-electron chi connectivity index (χ1n) is 6.82. The van der Waals surface area contributed by atoms with Gasteiger partial charge in [0.25, 0.3) is 11.8 Å². The van der Waals surface area contributed by atoms with Crippen LogP contribution in [0, 0.1) is 0 Å². The Morgan fingerprint density at radius 3 is 2.55 bits per heavy atom. The van der Waals surface area contributed by atoms with Crippen molar-refractivity contribution >= 4 is 35.2 Å². The molecular weight excluding hydrogens is 326 g/mol. The fourth-order valence-electron chi connectivity index (χ4n) is 1.58. The SMILES string of the molecule is CCSCC[C@@H](N)C(O)C(=O)NNC(=O)c1ccc(Cl)cc1. The number of carbonyl (C=O) groups is 2. The number of amides is 2. The molecule has 0 aliphatic heterocycles. The van der Waals surface area contributed by atoms with E-state index in [1.165, 1.54) is 12.1 Å². The Bertz CT molecular complexity index is 499. The number of nitrogens with one attached hydrogen (secondary N) is 2. The van der Waals surface area contributed by atoms with Crippen LogP contribution in [0.1, 0.15) is 23.7 Å². The Balaban J connectivity index is 2.41. The van der Waals surface area contributed by atoms with E-state index in [1.54, 1.807) is 23.9 Å². The van der Waals surface area contributed by atoms with E-state index in [1.807, 2.05) is 6.92 Å².